The predicted octanol–water partition coefficient (Wildman–Crippen LogP) is 2.11. The second-order valence-electron chi connectivity index (χ2n) is 1.02. The monoisotopic (exact) mass is 157 g/mol. The summed E-state index contributed by atoms with van der Waals surface area (Å²) in [5, 5.41) is 21.5. The highest BCUT2D eigenvalue weighted by molar-refractivity contribution is 5.53. The average Bonchev–Trinajstić information content (AvgIpc) is 1.88. The van der Waals surface area contributed by atoms with Gasteiger partial charge in [0.25, 0.3) is 0 Å². The Morgan fingerprint density at radius 1 is 1.55 bits per heavy atom. The van der Waals surface area contributed by atoms with Gasteiger partial charge in [-0.05, 0) is 6.92 Å². The molecule has 0 atom stereocenters. The van der Waals surface area contributed by atoms with Crippen LogP contribution in [0.2, 0.25) is 0 Å². The molecule has 0 aliphatic rings. The van der Waals surface area contributed by atoms with Crippen LogP contribution in [0.5, 0.6) is 0 Å². The third kappa shape index (κ3) is 555. The van der Waals surface area contributed by atoms with Gasteiger partial charge in [-0.25, -0.2) is 4.79 Å². The molecule has 0 bridgehead atoms. The second-order valence-corrected chi connectivity index (χ2v) is 1.02. The minimum Gasteiger partial charge on any atom is -0.450 e. The molecule has 0 aromatic rings. The fraction of sp³-hybridized carbons (Fsp3) is 0.143. The molecule has 2 N–H and O–H groups in total. The predicted molar refractivity (Wildman–Crippen MR) is 42.3 cm³/mol. The van der Waals surface area contributed by atoms with Crippen molar-refractivity contribution in [3.8, 4) is 6.07 Å². The van der Waals surface area contributed by atoms with Crippen molar-refractivity contribution < 1.29 is 15.0 Å². The molecule has 4 nitrogen and oxygen atoms in total. The molecular formula is C7H11NO3. The van der Waals surface area contributed by atoms with Gasteiger partial charge in [0.05, 0.1) is 6.07 Å². The summed E-state index contributed by atoms with van der Waals surface area (Å²) >= 11 is 0. The minimum absolute atomic E-state index is 1.18. The van der Waals surface area contributed by atoms with Crippen LogP contribution >= 0.6 is 0 Å². The average molecular weight is 157 g/mol. The van der Waals surface area contributed by atoms with Crippen molar-refractivity contribution in [3.05, 3.63) is 25.3 Å². The lowest BCUT2D eigenvalue weighted by atomic mass is 10.8. The molecule has 4 heteroatoms. The van der Waals surface area contributed by atoms with Crippen LogP contribution in [0.4, 0.5) is 4.79 Å². The lowest BCUT2D eigenvalue weighted by Crippen LogP contribution is -1.81. The smallest absolute Gasteiger partial charge is 0.450 e. The molecule has 0 saturated heterocycles. The van der Waals surface area contributed by atoms with Gasteiger partial charge < -0.3 is 10.2 Å². The minimum atomic E-state index is -1.83. The van der Waals surface area contributed by atoms with E-state index in [2.05, 4.69) is 13.2 Å². The maximum absolute atomic E-state index is 8.56. The number of carbonyl (C=O) groups is 1. The number of nitriles is 1. The molecule has 0 radical (unpaired) electrons. The summed E-state index contributed by atoms with van der Waals surface area (Å²) < 4.78 is 0. The molecule has 0 amide bonds. The molecule has 0 spiro atoms. The zero-order chi connectivity index (χ0) is 9.70. The van der Waals surface area contributed by atoms with Crippen LogP contribution in [0, 0.1) is 11.3 Å². The zero-order valence-electron chi connectivity index (χ0n) is 6.32. The number of rotatable bonds is 0. The number of allylic oxidation sites excluding steroid dienone is 2. The van der Waals surface area contributed by atoms with Gasteiger partial charge in [0.1, 0.15) is 0 Å². The summed E-state index contributed by atoms with van der Waals surface area (Å²) in [5.74, 6) is 0. The lowest BCUT2D eigenvalue weighted by Gasteiger charge is -1.60. The van der Waals surface area contributed by atoms with Gasteiger partial charge in [-0.3, -0.25) is 0 Å². The van der Waals surface area contributed by atoms with E-state index in [4.69, 9.17) is 20.3 Å². The molecule has 11 heavy (non-hydrogen) atoms. The van der Waals surface area contributed by atoms with Crippen molar-refractivity contribution in [2.24, 2.45) is 0 Å². The van der Waals surface area contributed by atoms with Crippen LogP contribution in [0.3, 0.4) is 0 Å². The highest BCUT2D eigenvalue weighted by Crippen LogP contribution is 1.42. The van der Waals surface area contributed by atoms with Gasteiger partial charge in [-0.1, -0.05) is 12.7 Å². The van der Waals surface area contributed by atoms with E-state index < -0.39 is 6.16 Å². The SMILES string of the molecule is C=CC.C=CC#N.O=C(O)O. The van der Waals surface area contributed by atoms with Crippen LogP contribution in [0.1, 0.15) is 6.92 Å². The largest absolute Gasteiger partial charge is 0.503 e. The van der Waals surface area contributed by atoms with Gasteiger partial charge >= 0.3 is 6.16 Å². The van der Waals surface area contributed by atoms with Crippen LogP contribution in [0.25, 0.3) is 0 Å². The van der Waals surface area contributed by atoms with Gasteiger partial charge in [0.2, 0.25) is 0 Å². The Balaban J connectivity index is -0.0000000886. The molecular weight excluding hydrogens is 146 g/mol. The van der Waals surface area contributed by atoms with Crippen molar-refractivity contribution in [3.63, 3.8) is 0 Å². The number of carboxylic acid groups (broad SMARTS) is 2. The standard InChI is InChI=1S/C3H3N.C3H6.CH2O3/c1-2-3-4;1-3-2;2-1(3)4/h2H,1H2;3H,1H2,2H3;(H2,2,3,4). The summed E-state index contributed by atoms with van der Waals surface area (Å²) in [4.78, 5) is 8.56. The van der Waals surface area contributed by atoms with Gasteiger partial charge in [-0.2, -0.15) is 5.26 Å². The number of hydrogen-bond donors (Lipinski definition) is 2. The van der Waals surface area contributed by atoms with Crippen molar-refractivity contribution in [1.29, 1.82) is 5.26 Å². The Morgan fingerprint density at radius 2 is 1.64 bits per heavy atom. The van der Waals surface area contributed by atoms with E-state index in [-0.39, 0.29) is 0 Å². The van der Waals surface area contributed by atoms with E-state index in [1.165, 1.54) is 6.08 Å². The quantitative estimate of drug-likeness (QED) is 0.416. The normalized spacial score (nSPS) is 4.73. The summed E-state index contributed by atoms with van der Waals surface area (Å²) in [5.41, 5.74) is 0. The van der Waals surface area contributed by atoms with Gasteiger partial charge in [0.15, 0.2) is 0 Å². The first-order valence-electron chi connectivity index (χ1n) is 2.56. The number of hydrogen-bond acceptors (Lipinski definition) is 2. The molecule has 0 unspecified atom stereocenters. The maximum atomic E-state index is 8.56. The van der Waals surface area contributed by atoms with E-state index in [1.54, 1.807) is 12.1 Å². The molecule has 0 aromatic carbocycles. The molecule has 0 heterocycles. The molecule has 0 aliphatic heterocycles. The van der Waals surface area contributed by atoms with Crippen LogP contribution in [-0.4, -0.2) is 16.4 Å². The molecule has 0 rings (SSSR count). The molecule has 0 aliphatic carbocycles. The van der Waals surface area contributed by atoms with Crippen molar-refractivity contribution in [1.82, 2.24) is 0 Å². The summed E-state index contributed by atoms with van der Waals surface area (Å²) in [6.07, 6.45) is 1.10. The van der Waals surface area contributed by atoms with Crippen molar-refractivity contribution >= 4 is 6.16 Å². The summed E-state index contributed by atoms with van der Waals surface area (Å²) in [6, 6.07) is 1.69. The Morgan fingerprint density at radius 3 is 1.64 bits per heavy atom. The molecule has 0 saturated carbocycles. The van der Waals surface area contributed by atoms with Crippen molar-refractivity contribution in [2.75, 3.05) is 0 Å². The fourth-order valence-electron chi connectivity index (χ4n) is 0. The van der Waals surface area contributed by atoms with E-state index in [0.717, 1.165) is 0 Å². The summed E-state index contributed by atoms with van der Waals surface area (Å²) in [7, 11) is 0. The highest BCUT2D eigenvalue weighted by atomic mass is 16.6. The topological polar surface area (TPSA) is 81.3 Å². The molecule has 62 valence electrons. The van der Waals surface area contributed by atoms with Gasteiger partial charge in [-0.15, -0.1) is 6.58 Å². The third-order valence-electron chi connectivity index (χ3n) is 0.0913. The maximum Gasteiger partial charge on any atom is 0.503 e. The van der Waals surface area contributed by atoms with E-state index in [0.29, 0.717) is 0 Å². The van der Waals surface area contributed by atoms with Crippen LogP contribution < -0.4 is 0 Å². The summed E-state index contributed by atoms with van der Waals surface area (Å²) in [6.45, 7) is 8.37. The lowest BCUT2D eigenvalue weighted by molar-refractivity contribution is 0.137. The molecule has 0 aromatic heterocycles. The third-order valence-corrected chi connectivity index (χ3v) is 0.0913. The second kappa shape index (κ2) is 24.0. The Bertz CT molecular complexity index is 142. The van der Waals surface area contributed by atoms with E-state index >= 15 is 0 Å². The zero-order valence-corrected chi connectivity index (χ0v) is 6.32. The molecule has 0 fully saturated rings. The van der Waals surface area contributed by atoms with Gasteiger partial charge in [0, 0.05) is 6.08 Å². The van der Waals surface area contributed by atoms with E-state index in [9.17, 15) is 0 Å². The fourth-order valence-corrected chi connectivity index (χ4v) is 0. The first-order chi connectivity index (χ1) is 5.06. The first-order valence-corrected chi connectivity index (χ1v) is 2.56. The van der Waals surface area contributed by atoms with Crippen molar-refractivity contribution in [2.45, 2.75) is 6.92 Å². The first kappa shape index (κ1) is 16.1. The van der Waals surface area contributed by atoms with E-state index in [1.807, 2.05) is 6.92 Å². The highest BCUT2D eigenvalue weighted by Gasteiger charge is 1.70. The Labute approximate surface area is 65.7 Å². The number of nitrogens with zero attached hydrogens (tertiary/aromatic N) is 1. The Kier molecular flexibility index (Phi) is 35.2. The Hall–Kier alpha value is -1.76. The van der Waals surface area contributed by atoms with Crippen LogP contribution in [0.15, 0.2) is 25.3 Å². The van der Waals surface area contributed by atoms with Crippen LogP contribution in [-0.2, 0) is 0 Å².